The van der Waals surface area contributed by atoms with Gasteiger partial charge < -0.3 is 9.62 Å². The molecule has 0 amide bonds. The number of anilines is 3. The molecule has 0 bridgehead atoms. The quantitative estimate of drug-likeness (QED) is 0.167. The van der Waals surface area contributed by atoms with Crippen molar-refractivity contribution in [1.82, 2.24) is 14.4 Å². The van der Waals surface area contributed by atoms with Crippen LogP contribution in [0.25, 0.3) is 16.9 Å². The number of aryl methyl sites for hydroxylation is 1. The van der Waals surface area contributed by atoms with E-state index in [0.29, 0.717) is 5.88 Å². The molecule has 1 aromatic carbocycles. The largest absolute Gasteiger partial charge is 0.328 e. The summed E-state index contributed by atoms with van der Waals surface area (Å²) in [6.07, 6.45) is 3.83. The Balaban J connectivity index is 1.65. The summed E-state index contributed by atoms with van der Waals surface area (Å²) in [6, 6.07) is 10.5. The predicted octanol–water partition coefficient (Wildman–Crippen LogP) is 6.62. The van der Waals surface area contributed by atoms with Gasteiger partial charge in [0.1, 0.15) is 17.3 Å². The Kier molecular flexibility index (Phi) is 6.99. The number of aromatic nitrogens is 3. The average Bonchev–Trinajstić information content (AvgIpc) is 3.41. The van der Waals surface area contributed by atoms with Gasteiger partial charge in [0.25, 0.3) is 0 Å². The van der Waals surface area contributed by atoms with Gasteiger partial charge in [0.2, 0.25) is 0 Å². The van der Waals surface area contributed by atoms with Crippen molar-refractivity contribution in [2.24, 2.45) is 0 Å². The van der Waals surface area contributed by atoms with Gasteiger partial charge >= 0.3 is 0 Å². The van der Waals surface area contributed by atoms with E-state index < -0.39 is 0 Å². The van der Waals surface area contributed by atoms with E-state index in [1.54, 1.807) is 35.4 Å². The highest BCUT2D eigenvalue weighted by Gasteiger charge is 2.19. The van der Waals surface area contributed by atoms with Crippen molar-refractivity contribution in [3.63, 3.8) is 0 Å². The van der Waals surface area contributed by atoms with Crippen molar-refractivity contribution in [2.45, 2.75) is 19.8 Å². The third-order valence-corrected chi connectivity index (χ3v) is 6.86. The summed E-state index contributed by atoms with van der Waals surface area (Å²) in [5.74, 6) is 2.35. The molecule has 0 radical (unpaired) electrons. The third kappa shape index (κ3) is 4.81. The van der Waals surface area contributed by atoms with Gasteiger partial charge in [0, 0.05) is 35.8 Å². The number of rotatable bonds is 9. The Morgan fingerprint density at radius 2 is 2.00 bits per heavy atom. The van der Waals surface area contributed by atoms with Crippen molar-refractivity contribution in [1.29, 1.82) is 0 Å². The summed E-state index contributed by atoms with van der Waals surface area (Å²) in [4.78, 5) is 11.7. The fourth-order valence-electron chi connectivity index (χ4n) is 3.26. The number of benzene rings is 1. The molecule has 0 unspecified atom stereocenters. The number of nitrogens with one attached hydrogen (secondary N) is 1. The van der Waals surface area contributed by atoms with E-state index in [1.165, 1.54) is 12.1 Å². The monoisotopic (exact) mass is 475 g/mol. The maximum Gasteiger partial charge on any atom is 0.191 e. The summed E-state index contributed by atoms with van der Waals surface area (Å²) in [6.45, 7) is 2.10. The zero-order chi connectivity index (χ0) is 21.8. The van der Waals surface area contributed by atoms with Gasteiger partial charge in [0.05, 0.1) is 17.1 Å². The summed E-state index contributed by atoms with van der Waals surface area (Å²) < 4.78 is 18.7. The molecule has 4 rings (SSSR count). The van der Waals surface area contributed by atoms with E-state index in [2.05, 4.69) is 27.1 Å². The Labute approximate surface area is 194 Å². The van der Waals surface area contributed by atoms with Crippen LogP contribution < -0.4 is 9.62 Å². The first-order valence-electron chi connectivity index (χ1n) is 10.0. The van der Waals surface area contributed by atoms with Gasteiger partial charge in [-0.3, -0.25) is 4.40 Å². The number of hydrogen-bond donors (Lipinski definition) is 1. The van der Waals surface area contributed by atoms with E-state index >= 15 is 0 Å². The first-order valence-corrected chi connectivity index (χ1v) is 12.4. The first kappa shape index (κ1) is 21.9. The van der Waals surface area contributed by atoms with E-state index in [-0.39, 0.29) is 5.82 Å². The molecule has 0 atom stereocenters. The fraction of sp³-hybridized carbons (Fsp3) is 0.273. The van der Waals surface area contributed by atoms with Crippen LogP contribution in [0.4, 0.5) is 21.0 Å². The molecule has 0 aliphatic rings. The number of thiazole rings is 1. The molecular formula is C22H23ClFN5S2. The van der Waals surface area contributed by atoms with E-state index in [0.717, 1.165) is 57.8 Å². The highest BCUT2D eigenvalue weighted by molar-refractivity contribution is 8.00. The Hall–Kier alpha value is -2.29. The molecule has 4 aromatic rings. The molecule has 9 heteroatoms. The second-order valence-electron chi connectivity index (χ2n) is 6.96. The smallest absolute Gasteiger partial charge is 0.191 e. The molecule has 0 saturated heterocycles. The van der Waals surface area contributed by atoms with Gasteiger partial charge in [-0.05, 0) is 49.2 Å². The van der Waals surface area contributed by atoms with Crippen molar-refractivity contribution < 1.29 is 4.39 Å². The molecule has 0 spiro atoms. The first-order chi connectivity index (χ1) is 15.1. The molecule has 0 saturated carbocycles. The predicted molar refractivity (Wildman–Crippen MR) is 132 cm³/mol. The summed E-state index contributed by atoms with van der Waals surface area (Å²) in [5.41, 5.74) is 4.63. The molecule has 0 aliphatic carbocycles. The minimum absolute atomic E-state index is 0.250. The summed E-state index contributed by atoms with van der Waals surface area (Å²) in [5, 5.41) is 2.85. The van der Waals surface area contributed by atoms with Crippen LogP contribution in [0.1, 0.15) is 19.0 Å². The number of hydrogen-bond acceptors (Lipinski definition) is 6. The number of alkyl halides is 1. The Bertz CT molecular complexity index is 1160. The van der Waals surface area contributed by atoms with Crippen molar-refractivity contribution in [3.8, 4) is 11.3 Å². The van der Waals surface area contributed by atoms with Gasteiger partial charge in [-0.2, -0.15) is 0 Å². The normalized spacial score (nSPS) is 11.2. The fourth-order valence-corrected chi connectivity index (χ4v) is 5.03. The van der Waals surface area contributed by atoms with Gasteiger partial charge in [0.15, 0.2) is 5.13 Å². The second-order valence-corrected chi connectivity index (χ2v) is 9.07. The Morgan fingerprint density at radius 1 is 1.19 bits per heavy atom. The van der Waals surface area contributed by atoms with Crippen LogP contribution in [-0.4, -0.2) is 33.0 Å². The zero-order valence-corrected chi connectivity index (χ0v) is 19.7. The van der Waals surface area contributed by atoms with Crippen LogP contribution in [0, 0.1) is 5.82 Å². The lowest BCUT2D eigenvalue weighted by molar-refractivity contribution is 0.628. The lowest BCUT2D eigenvalue weighted by Crippen LogP contribution is -2.13. The maximum atomic E-state index is 13.3. The minimum Gasteiger partial charge on any atom is -0.328 e. The molecule has 162 valence electrons. The standard InChI is InChI=1S/C22H23ClFN5S2/c1-3-18-21(29-13-17(9-10-20(29)25-18)27-31-12-4-11-23)28(2)22-26-19(14-30-22)15-5-7-16(24)8-6-15/h5-10,13-14,27H,3-4,11-12H2,1-2H3. The lowest BCUT2D eigenvalue weighted by Gasteiger charge is -2.17. The van der Waals surface area contributed by atoms with Crippen LogP contribution in [0.5, 0.6) is 0 Å². The highest BCUT2D eigenvalue weighted by Crippen LogP contribution is 2.34. The molecule has 31 heavy (non-hydrogen) atoms. The number of halogens is 2. The zero-order valence-electron chi connectivity index (χ0n) is 17.3. The summed E-state index contributed by atoms with van der Waals surface area (Å²) in [7, 11) is 2.01. The molecule has 3 aromatic heterocycles. The van der Waals surface area contributed by atoms with Gasteiger partial charge in [-0.15, -0.1) is 22.9 Å². The van der Waals surface area contributed by atoms with Gasteiger partial charge in [-0.25, -0.2) is 14.4 Å². The topological polar surface area (TPSA) is 45.5 Å². The van der Waals surface area contributed by atoms with Crippen LogP contribution in [0.15, 0.2) is 48.0 Å². The van der Waals surface area contributed by atoms with E-state index in [1.807, 2.05) is 24.6 Å². The third-order valence-electron chi connectivity index (χ3n) is 4.80. The summed E-state index contributed by atoms with van der Waals surface area (Å²) >= 11 is 8.96. The Morgan fingerprint density at radius 3 is 2.74 bits per heavy atom. The van der Waals surface area contributed by atoms with Crippen LogP contribution >= 0.6 is 34.9 Å². The van der Waals surface area contributed by atoms with Crippen LogP contribution in [-0.2, 0) is 6.42 Å². The molecule has 3 heterocycles. The van der Waals surface area contributed by atoms with Crippen molar-refractivity contribution in [2.75, 3.05) is 28.3 Å². The minimum atomic E-state index is -0.250. The molecule has 0 aliphatic heterocycles. The number of nitrogens with zero attached hydrogens (tertiary/aromatic N) is 4. The molecule has 1 N–H and O–H groups in total. The SMILES string of the molecule is CCc1nc2ccc(NSCCCCl)cn2c1N(C)c1nc(-c2ccc(F)cc2)cs1. The van der Waals surface area contributed by atoms with E-state index in [9.17, 15) is 4.39 Å². The molecular weight excluding hydrogens is 453 g/mol. The average molecular weight is 476 g/mol. The van der Waals surface area contributed by atoms with Gasteiger partial charge in [-0.1, -0.05) is 18.9 Å². The van der Waals surface area contributed by atoms with Crippen molar-refractivity contribution in [3.05, 3.63) is 59.5 Å². The lowest BCUT2D eigenvalue weighted by atomic mass is 10.2. The highest BCUT2D eigenvalue weighted by atomic mass is 35.5. The van der Waals surface area contributed by atoms with Crippen molar-refractivity contribution >= 4 is 57.2 Å². The maximum absolute atomic E-state index is 13.3. The van der Waals surface area contributed by atoms with Crippen LogP contribution in [0.3, 0.4) is 0 Å². The molecule has 0 fully saturated rings. The number of pyridine rings is 1. The second kappa shape index (κ2) is 9.89. The van der Waals surface area contributed by atoms with E-state index in [4.69, 9.17) is 21.6 Å². The molecule has 5 nitrogen and oxygen atoms in total. The van der Waals surface area contributed by atoms with Crippen LogP contribution in [0.2, 0.25) is 0 Å². The number of imidazole rings is 1. The number of fused-ring (bicyclic) bond motifs is 1.